The summed E-state index contributed by atoms with van der Waals surface area (Å²) in [6, 6.07) is 12.6. The van der Waals surface area contributed by atoms with Crippen LogP contribution in [0.4, 0.5) is 5.69 Å². The standard InChI is InChI=1S/C14H13N3O3/c15-13(17-20)9-3-1-5-11(7-9)16-14(19)10-4-2-6-12(18)8-10/h1-8,18,20H,(H2,15,17)(H,16,19). The second kappa shape index (κ2) is 5.75. The van der Waals surface area contributed by atoms with Crippen LogP contribution in [-0.4, -0.2) is 22.1 Å². The van der Waals surface area contributed by atoms with E-state index in [2.05, 4.69) is 10.5 Å². The number of amides is 1. The van der Waals surface area contributed by atoms with Crippen molar-refractivity contribution in [2.75, 3.05) is 5.32 Å². The van der Waals surface area contributed by atoms with E-state index in [4.69, 9.17) is 10.9 Å². The fraction of sp³-hybridized carbons (Fsp3) is 0. The number of nitrogens with two attached hydrogens (primary N) is 1. The number of phenolic OH excluding ortho intramolecular Hbond substituents is 1. The van der Waals surface area contributed by atoms with Crippen molar-refractivity contribution in [2.24, 2.45) is 10.9 Å². The molecule has 2 rings (SSSR count). The molecule has 0 aliphatic heterocycles. The lowest BCUT2D eigenvalue weighted by Crippen LogP contribution is -2.15. The number of amidine groups is 1. The number of carbonyl (C=O) groups excluding carboxylic acids is 1. The van der Waals surface area contributed by atoms with Crippen LogP contribution >= 0.6 is 0 Å². The second-order valence-electron chi connectivity index (χ2n) is 4.07. The van der Waals surface area contributed by atoms with E-state index >= 15 is 0 Å². The molecule has 5 N–H and O–H groups in total. The minimum Gasteiger partial charge on any atom is -0.508 e. The molecule has 0 unspecified atom stereocenters. The minimum atomic E-state index is -0.363. The second-order valence-corrected chi connectivity index (χ2v) is 4.07. The van der Waals surface area contributed by atoms with Gasteiger partial charge in [0.1, 0.15) is 5.75 Å². The molecule has 6 nitrogen and oxygen atoms in total. The van der Waals surface area contributed by atoms with Crippen LogP contribution in [0.3, 0.4) is 0 Å². The molecular formula is C14H13N3O3. The number of aromatic hydroxyl groups is 1. The first kappa shape index (κ1) is 13.4. The Bertz CT molecular complexity index is 668. The maximum Gasteiger partial charge on any atom is 0.255 e. The highest BCUT2D eigenvalue weighted by Crippen LogP contribution is 2.15. The zero-order valence-electron chi connectivity index (χ0n) is 10.4. The summed E-state index contributed by atoms with van der Waals surface area (Å²) in [6.07, 6.45) is 0. The van der Waals surface area contributed by atoms with Crippen LogP contribution in [0.25, 0.3) is 0 Å². The van der Waals surface area contributed by atoms with Gasteiger partial charge in [0.25, 0.3) is 5.91 Å². The molecule has 0 saturated carbocycles. The van der Waals surface area contributed by atoms with Gasteiger partial charge >= 0.3 is 0 Å². The topological polar surface area (TPSA) is 108 Å². The molecule has 0 atom stereocenters. The molecule has 2 aromatic rings. The zero-order valence-corrected chi connectivity index (χ0v) is 10.4. The summed E-state index contributed by atoms with van der Waals surface area (Å²) in [4.78, 5) is 12.0. The monoisotopic (exact) mass is 271 g/mol. The molecule has 0 heterocycles. The molecule has 0 aromatic heterocycles. The Labute approximate surface area is 115 Å². The molecule has 0 saturated heterocycles. The van der Waals surface area contributed by atoms with Crippen molar-refractivity contribution in [3.05, 3.63) is 59.7 Å². The van der Waals surface area contributed by atoms with Crippen LogP contribution < -0.4 is 11.1 Å². The number of hydrogen-bond acceptors (Lipinski definition) is 4. The highest BCUT2D eigenvalue weighted by Gasteiger charge is 2.07. The Morgan fingerprint density at radius 2 is 1.80 bits per heavy atom. The molecule has 102 valence electrons. The molecule has 2 aromatic carbocycles. The third kappa shape index (κ3) is 3.05. The van der Waals surface area contributed by atoms with Gasteiger partial charge in [-0.25, -0.2) is 0 Å². The average Bonchev–Trinajstić information content (AvgIpc) is 2.46. The van der Waals surface area contributed by atoms with Crippen LogP contribution in [0.2, 0.25) is 0 Å². The molecule has 0 aliphatic rings. The normalized spacial score (nSPS) is 11.1. The lowest BCUT2D eigenvalue weighted by atomic mass is 10.1. The molecule has 0 fully saturated rings. The zero-order chi connectivity index (χ0) is 14.5. The van der Waals surface area contributed by atoms with Gasteiger partial charge in [-0.3, -0.25) is 4.79 Å². The summed E-state index contributed by atoms with van der Waals surface area (Å²) in [5, 5.41) is 23.5. The molecule has 6 heteroatoms. The maximum absolute atomic E-state index is 12.0. The summed E-state index contributed by atoms with van der Waals surface area (Å²) >= 11 is 0. The van der Waals surface area contributed by atoms with Gasteiger partial charge in [-0.15, -0.1) is 0 Å². The van der Waals surface area contributed by atoms with Crippen LogP contribution in [0.1, 0.15) is 15.9 Å². The summed E-state index contributed by atoms with van der Waals surface area (Å²) in [5.41, 5.74) is 6.80. The largest absolute Gasteiger partial charge is 0.508 e. The molecule has 1 amide bonds. The van der Waals surface area contributed by atoms with Crippen LogP contribution in [0.5, 0.6) is 5.75 Å². The van der Waals surface area contributed by atoms with E-state index in [1.807, 2.05) is 0 Å². The Morgan fingerprint density at radius 1 is 1.10 bits per heavy atom. The predicted molar refractivity (Wildman–Crippen MR) is 75.0 cm³/mol. The first-order valence-electron chi connectivity index (χ1n) is 5.78. The number of phenols is 1. The van der Waals surface area contributed by atoms with Gasteiger partial charge in [0.05, 0.1) is 0 Å². The number of anilines is 1. The molecule has 0 aliphatic carbocycles. The SMILES string of the molecule is N/C(=N/O)c1cccc(NC(=O)c2cccc(O)c2)c1. The number of benzene rings is 2. The minimum absolute atomic E-state index is 0.0167. The van der Waals surface area contributed by atoms with Crippen molar-refractivity contribution in [3.63, 3.8) is 0 Å². The number of nitrogens with one attached hydrogen (secondary N) is 1. The lowest BCUT2D eigenvalue weighted by Gasteiger charge is -2.07. The quantitative estimate of drug-likeness (QED) is 0.295. The Hall–Kier alpha value is -3.02. The summed E-state index contributed by atoms with van der Waals surface area (Å²) in [7, 11) is 0. The maximum atomic E-state index is 12.0. The number of hydrogen-bond donors (Lipinski definition) is 4. The van der Waals surface area contributed by atoms with Crippen molar-refractivity contribution in [1.29, 1.82) is 0 Å². The van der Waals surface area contributed by atoms with E-state index in [0.717, 1.165) is 0 Å². The first-order chi connectivity index (χ1) is 9.60. The number of nitrogens with zero attached hydrogens (tertiary/aromatic N) is 1. The summed E-state index contributed by atoms with van der Waals surface area (Å²) < 4.78 is 0. The first-order valence-corrected chi connectivity index (χ1v) is 5.78. The predicted octanol–water partition coefficient (Wildman–Crippen LogP) is 1.74. The highest BCUT2D eigenvalue weighted by molar-refractivity contribution is 6.05. The fourth-order valence-electron chi connectivity index (χ4n) is 1.66. The molecule has 0 spiro atoms. The number of oxime groups is 1. The smallest absolute Gasteiger partial charge is 0.255 e. The van der Waals surface area contributed by atoms with Crippen molar-refractivity contribution in [1.82, 2.24) is 0 Å². The molecular weight excluding hydrogens is 258 g/mol. The van der Waals surface area contributed by atoms with Crippen LogP contribution in [0, 0.1) is 0 Å². The van der Waals surface area contributed by atoms with E-state index in [0.29, 0.717) is 16.8 Å². The van der Waals surface area contributed by atoms with Crippen molar-refractivity contribution < 1.29 is 15.1 Å². The van der Waals surface area contributed by atoms with Gasteiger partial charge in [-0.2, -0.15) is 0 Å². The molecule has 20 heavy (non-hydrogen) atoms. The van der Waals surface area contributed by atoms with Gasteiger partial charge in [0.15, 0.2) is 5.84 Å². The van der Waals surface area contributed by atoms with E-state index in [1.54, 1.807) is 36.4 Å². The van der Waals surface area contributed by atoms with E-state index in [1.165, 1.54) is 12.1 Å². The lowest BCUT2D eigenvalue weighted by molar-refractivity contribution is 0.102. The van der Waals surface area contributed by atoms with Gasteiger partial charge in [-0.1, -0.05) is 23.4 Å². The van der Waals surface area contributed by atoms with Gasteiger partial charge in [0, 0.05) is 16.8 Å². The van der Waals surface area contributed by atoms with E-state index < -0.39 is 0 Å². The van der Waals surface area contributed by atoms with Crippen molar-refractivity contribution in [3.8, 4) is 5.75 Å². The van der Waals surface area contributed by atoms with Crippen LogP contribution in [0.15, 0.2) is 53.7 Å². The van der Waals surface area contributed by atoms with Gasteiger partial charge < -0.3 is 21.4 Å². The van der Waals surface area contributed by atoms with E-state index in [-0.39, 0.29) is 17.5 Å². The Balaban J connectivity index is 2.20. The highest BCUT2D eigenvalue weighted by atomic mass is 16.4. The van der Waals surface area contributed by atoms with Crippen molar-refractivity contribution >= 4 is 17.4 Å². The third-order valence-electron chi connectivity index (χ3n) is 2.63. The average molecular weight is 271 g/mol. The molecule has 0 radical (unpaired) electrons. The van der Waals surface area contributed by atoms with Gasteiger partial charge in [-0.05, 0) is 30.3 Å². The van der Waals surface area contributed by atoms with Crippen molar-refractivity contribution in [2.45, 2.75) is 0 Å². The van der Waals surface area contributed by atoms with Gasteiger partial charge in [0.2, 0.25) is 0 Å². The number of rotatable bonds is 3. The van der Waals surface area contributed by atoms with E-state index in [9.17, 15) is 9.90 Å². The number of carbonyl (C=O) groups is 1. The fourth-order valence-corrected chi connectivity index (χ4v) is 1.66. The summed E-state index contributed by atoms with van der Waals surface area (Å²) in [5.74, 6) is -0.390. The Kier molecular flexibility index (Phi) is 3.85. The Morgan fingerprint density at radius 3 is 2.50 bits per heavy atom. The van der Waals surface area contributed by atoms with Crippen LogP contribution in [-0.2, 0) is 0 Å². The molecule has 0 bridgehead atoms. The summed E-state index contributed by atoms with van der Waals surface area (Å²) in [6.45, 7) is 0. The third-order valence-corrected chi connectivity index (χ3v) is 2.63.